The minimum absolute atomic E-state index is 0.0208. The van der Waals surface area contributed by atoms with E-state index in [1.807, 2.05) is 20.8 Å². The first-order valence-electron chi connectivity index (χ1n) is 8.24. The molecule has 8 heteroatoms. The lowest BCUT2D eigenvalue weighted by Gasteiger charge is -2.11. The predicted octanol–water partition coefficient (Wildman–Crippen LogP) is 5.08. The molecule has 0 aliphatic heterocycles. The Hall–Kier alpha value is -1.77. The quantitative estimate of drug-likeness (QED) is 0.382. The van der Waals surface area contributed by atoms with E-state index in [4.69, 9.17) is 4.98 Å². The van der Waals surface area contributed by atoms with Crippen LogP contribution in [0.1, 0.15) is 38.9 Å². The Labute approximate surface area is 162 Å². The van der Waals surface area contributed by atoms with E-state index in [1.54, 1.807) is 40.8 Å². The first-order valence-corrected chi connectivity index (χ1v) is 10.7. The van der Waals surface area contributed by atoms with Gasteiger partial charge in [0, 0.05) is 15.1 Å². The van der Waals surface area contributed by atoms with Crippen molar-refractivity contribution < 1.29 is 0 Å². The van der Waals surface area contributed by atoms with E-state index in [2.05, 4.69) is 28.8 Å². The minimum atomic E-state index is -0.0605. The predicted molar refractivity (Wildman–Crippen MR) is 111 cm³/mol. The highest BCUT2D eigenvalue weighted by molar-refractivity contribution is 7.99. The highest BCUT2D eigenvalue weighted by atomic mass is 32.2. The lowest BCUT2D eigenvalue weighted by atomic mass is 10.2. The Kier molecular flexibility index (Phi) is 4.37. The van der Waals surface area contributed by atoms with Crippen LogP contribution in [-0.4, -0.2) is 19.9 Å². The average molecular weight is 403 g/mol. The molecule has 0 aromatic carbocycles. The van der Waals surface area contributed by atoms with E-state index in [0.29, 0.717) is 11.2 Å². The van der Waals surface area contributed by atoms with Gasteiger partial charge < -0.3 is 4.98 Å². The van der Waals surface area contributed by atoms with Crippen molar-refractivity contribution in [2.75, 3.05) is 0 Å². The van der Waals surface area contributed by atoms with Crippen LogP contribution >= 0.6 is 34.4 Å². The lowest BCUT2D eigenvalue weighted by molar-refractivity contribution is 0.921. The molecule has 1 atom stereocenters. The Morgan fingerprint density at radius 2 is 1.65 bits per heavy atom. The van der Waals surface area contributed by atoms with Crippen molar-refractivity contribution in [2.45, 2.75) is 44.9 Å². The molecule has 4 heterocycles. The van der Waals surface area contributed by atoms with Crippen LogP contribution in [-0.2, 0) is 0 Å². The van der Waals surface area contributed by atoms with Crippen LogP contribution in [0.25, 0.3) is 20.4 Å². The summed E-state index contributed by atoms with van der Waals surface area (Å²) in [6.45, 7) is 10.3. The summed E-state index contributed by atoms with van der Waals surface area (Å²) in [6, 6.07) is 0. The summed E-state index contributed by atoms with van der Waals surface area (Å²) in [5.41, 5.74) is 2.18. The fraction of sp³-hybridized carbons (Fsp3) is 0.333. The van der Waals surface area contributed by atoms with Crippen molar-refractivity contribution in [3.8, 4) is 0 Å². The van der Waals surface area contributed by atoms with Gasteiger partial charge in [-0.3, -0.25) is 4.79 Å². The van der Waals surface area contributed by atoms with Crippen molar-refractivity contribution >= 4 is 54.9 Å². The number of hydrogen-bond donors (Lipinski definition) is 1. The van der Waals surface area contributed by atoms with Crippen molar-refractivity contribution in [3.05, 3.63) is 43.4 Å². The number of fused-ring (bicyclic) bond motifs is 2. The fourth-order valence-corrected chi connectivity index (χ4v) is 6.06. The molecule has 0 radical (unpaired) electrons. The van der Waals surface area contributed by atoms with Gasteiger partial charge in [-0.2, -0.15) is 0 Å². The van der Waals surface area contributed by atoms with E-state index in [0.717, 1.165) is 30.5 Å². The fourth-order valence-electron chi connectivity index (χ4n) is 2.93. The number of thioether (sulfide) groups is 1. The zero-order valence-corrected chi connectivity index (χ0v) is 17.6. The van der Waals surface area contributed by atoms with Gasteiger partial charge in [-0.25, -0.2) is 15.0 Å². The van der Waals surface area contributed by atoms with Crippen molar-refractivity contribution in [1.82, 2.24) is 19.9 Å². The number of rotatable bonds is 3. The molecule has 0 bridgehead atoms. The maximum Gasteiger partial charge on any atom is 0.259 e. The molecule has 134 valence electrons. The van der Waals surface area contributed by atoms with Crippen LogP contribution in [0.4, 0.5) is 0 Å². The van der Waals surface area contributed by atoms with Gasteiger partial charge in [0.15, 0.2) is 0 Å². The number of aryl methyl sites for hydroxylation is 4. The minimum Gasteiger partial charge on any atom is -0.309 e. The zero-order valence-electron chi connectivity index (χ0n) is 15.1. The largest absolute Gasteiger partial charge is 0.309 e. The number of thiophene rings is 2. The molecule has 4 rings (SSSR count). The molecule has 0 saturated heterocycles. The normalized spacial score (nSPS) is 13.0. The number of aromatic amines is 1. The summed E-state index contributed by atoms with van der Waals surface area (Å²) < 4.78 is 0. The number of H-pyrrole nitrogens is 1. The van der Waals surface area contributed by atoms with E-state index < -0.39 is 0 Å². The monoisotopic (exact) mass is 402 g/mol. The molecule has 26 heavy (non-hydrogen) atoms. The Balaban J connectivity index is 1.77. The summed E-state index contributed by atoms with van der Waals surface area (Å²) in [5.74, 6) is 0.685. The second kappa shape index (κ2) is 6.44. The topological polar surface area (TPSA) is 71.5 Å². The van der Waals surface area contributed by atoms with Crippen LogP contribution < -0.4 is 5.56 Å². The Bertz CT molecular complexity index is 1200. The molecule has 1 unspecified atom stereocenters. The van der Waals surface area contributed by atoms with Gasteiger partial charge in [0.05, 0.1) is 10.6 Å². The molecule has 0 saturated carbocycles. The van der Waals surface area contributed by atoms with Crippen LogP contribution in [0.2, 0.25) is 0 Å². The molecule has 0 aliphatic carbocycles. The summed E-state index contributed by atoms with van der Waals surface area (Å²) >= 11 is 4.87. The molecule has 0 amide bonds. The molecule has 1 N–H and O–H groups in total. The first-order chi connectivity index (χ1) is 12.4. The van der Waals surface area contributed by atoms with Crippen molar-refractivity contribution in [1.29, 1.82) is 0 Å². The van der Waals surface area contributed by atoms with Crippen LogP contribution in [0.15, 0.2) is 16.1 Å². The van der Waals surface area contributed by atoms with Gasteiger partial charge in [-0.1, -0.05) is 11.8 Å². The van der Waals surface area contributed by atoms with Crippen molar-refractivity contribution in [2.24, 2.45) is 0 Å². The third kappa shape index (κ3) is 2.76. The summed E-state index contributed by atoms with van der Waals surface area (Å²) in [4.78, 5) is 33.3. The van der Waals surface area contributed by atoms with E-state index in [-0.39, 0.29) is 10.8 Å². The number of nitrogens with one attached hydrogen (secondary N) is 1. The van der Waals surface area contributed by atoms with Gasteiger partial charge in [0.1, 0.15) is 26.8 Å². The van der Waals surface area contributed by atoms with Gasteiger partial charge in [-0.05, 0) is 45.7 Å². The molecular weight excluding hydrogens is 384 g/mol. The molecule has 4 aromatic heterocycles. The van der Waals surface area contributed by atoms with Gasteiger partial charge in [-0.15, -0.1) is 22.7 Å². The average Bonchev–Trinajstić information content (AvgIpc) is 3.05. The van der Waals surface area contributed by atoms with Crippen molar-refractivity contribution in [3.63, 3.8) is 0 Å². The molecule has 0 aliphatic rings. The highest BCUT2D eigenvalue weighted by Gasteiger charge is 2.19. The second-order valence-corrected chi connectivity index (χ2v) is 10.1. The number of aromatic nitrogens is 4. The summed E-state index contributed by atoms with van der Waals surface area (Å²) in [6.07, 6.45) is 1.61. The van der Waals surface area contributed by atoms with E-state index in [9.17, 15) is 4.79 Å². The second-order valence-electron chi connectivity index (χ2n) is 6.32. The maximum atomic E-state index is 12.5. The molecule has 0 fully saturated rings. The zero-order chi connectivity index (χ0) is 18.6. The maximum absolute atomic E-state index is 12.5. The Morgan fingerprint density at radius 1 is 1.00 bits per heavy atom. The van der Waals surface area contributed by atoms with Crippen LogP contribution in [0.3, 0.4) is 0 Å². The number of nitrogens with zero attached hydrogens (tertiary/aromatic N) is 3. The third-order valence-corrected chi connectivity index (χ3v) is 7.99. The number of hydrogen-bond acceptors (Lipinski definition) is 7. The Morgan fingerprint density at radius 3 is 2.38 bits per heavy atom. The summed E-state index contributed by atoms with van der Waals surface area (Å²) in [7, 11) is 0. The highest BCUT2D eigenvalue weighted by Crippen LogP contribution is 2.40. The molecular formula is C18H18N4OS3. The van der Waals surface area contributed by atoms with Crippen LogP contribution in [0.5, 0.6) is 0 Å². The standard InChI is InChI=1S/C18H18N4OS3/c1-7-9(3)25-18-12(7)15(23)21-14(22-18)11(5)26-17-13-8(2)10(4)24-16(13)19-6-20-17/h6,11H,1-5H3,(H,21,22,23). The first kappa shape index (κ1) is 17.6. The van der Waals surface area contributed by atoms with E-state index >= 15 is 0 Å². The molecule has 4 aromatic rings. The van der Waals surface area contributed by atoms with Gasteiger partial charge in [0.25, 0.3) is 5.56 Å². The van der Waals surface area contributed by atoms with Crippen LogP contribution in [0, 0.1) is 27.7 Å². The molecule has 0 spiro atoms. The molecule has 5 nitrogen and oxygen atoms in total. The van der Waals surface area contributed by atoms with E-state index in [1.165, 1.54) is 10.4 Å². The third-order valence-electron chi connectivity index (χ3n) is 4.66. The van der Waals surface area contributed by atoms with Gasteiger partial charge >= 0.3 is 0 Å². The smallest absolute Gasteiger partial charge is 0.259 e. The lowest BCUT2D eigenvalue weighted by Crippen LogP contribution is -2.12. The summed E-state index contributed by atoms with van der Waals surface area (Å²) in [5, 5.41) is 2.73. The van der Waals surface area contributed by atoms with Gasteiger partial charge in [0.2, 0.25) is 0 Å². The SMILES string of the molecule is Cc1sc2ncnc(SC(C)c3nc4sc(C)c(C)c4c(=O)[nH]3)c2c1C.